The molecule has 4 amide bonds. The molecular formula is C22H19N3O4. The molecule has 1 aliphatic rings. The van der Waals surface area contributed by atoms with Crippen LogP contribution in [0.3, 0.4) is 0 Å². The van der Waals surface area contributed by atoms with Crippen molar-refractivity contribution in [2.45, 2.75) is 6.42 Å². The summed E-state index contributed by atoms with van der Waals surface area (Å²) in [6.07, 6.45) is 0.440. The van der Waals surface area contributed by atoms with Gasteiger partial charge in [-0.3, -0.25) is 14.5 Å². The van der Waals surface area contributed by atoms with Gasteiger partial charge in [0, 0.05) is 23.9 Å². The van der Waals surface area contributed by atoms with Gasteiger partial charge in [-0.15, -0.1) is 0 Å². The van der Waals surface area contributed by atoms with Crippen LogP contribution in [0.15, 0.2) is 60.7 Å². The fraction of sp³-hybridized carbons (Fsp3) is 0.136. The number of fused-ring (bicyclic) bond motifs is 2. The largest absolute Gasteiger partial charge is 0.507 e. The highest BCUT2D eigenvalue weighted by Crippen LogP contribution is 2.29. The molecule has 0 aliphatic carbocycles. The summed E-state index contributed by atoms with van der Waals surface area (Å²) in [6, 6.07) is 16.7. The molecule has 0 saturated carbocycles. The summed E-state index contributed by atoms with van der Waals surface area (Å²) in [6.45, 7) is 0.532. The number of carbonyl (C=O) groups excluding carboxylic acids is 3. The van der Waals surface area contributed by atoms with Gasteiger partial charge in [0.15, 0.2) is 0 Å². The Kier molecular flexibility index (Phi) is 4.87. The maximum atomic E-state index is 12.3. The van der Waals surface area contributed by atoms with E-state index in [9.17, 15) is 19.5 Å². The lowest BCUT2D eigenvalue weighted by atomic mass is 10.1. The van der Waals surface area contributed by atoms with Crippen molar-refractivity contribution in [3.63, 3.8) is 0 Å². The average molecular weight is 389 g/mol. The molecule has 0 radical (unpaired) electrons. The van der Waals surface area contributed by atoms with Crippen LogP contribution in [0.5, 0.6) is 5.75 Å². The Labute approximate surface area is 166 Å². The van der Waals surface area contributed by atoms with Gasteiger partial charge < -0.3 is 15.7 Å². The normalized spacial score (nSPS) is 12.9. The molecule has 7 nitrogen and oxygen atoms in total. The van der Waals surface area contributed by atoms with Gasteiger partial charge in [0.2, 0.25) is 0 Å². The van der Waals surface area contributed by atoms with Crippen LogP contribution in [0.2, 0.25) is 0 Å². The minimum atomic E-state index is -0.400. The van der Waals surface area contributed by atoms with Crippen molar-refractivity contribution in [1.82, 2.24) is 10.2 Å². The topological polar surface area (TPSA) is 98.7 Å². The molecule has 3 aromatic carbocycles. The van der Waals surface area contributed by atoms with Crippen LogP contribution in [0.1, 0.15) is 27.1 Å². The Balaban J connectivity index is 1.31. The second kappa shape index (κ2) is 7.63. The third-order valence-electron chi connectivity index (χ3n) is 4.87. The number of urea groups is 1. The zero-order chi connectivity index (χ0) is 20.4. The number of imide groups is 1. The summed E-state index contributed by atoms with van der Waals surface area (Å²) in [5.74, 6) is -0.455. The first kappa shape index (κ1) is 18.5. The highest BCUT2D eigenvalue weighted by atomic mass is 16.3. The molecule has 3 aromatic rings. The summed E-state index contributed by atoms with van der Waals surface area (Å²) >= 11 is 0. The van der Waals surface area contributed by atoms with Gasteiger partial charge in [0.1, 0.15) is 5.75 Å². The summed E-state index contributed by atoms with van der Waals surface area (Å²) in [4.78, 5) is 38.0. The maximum Gasteiger partial charge on any atom is 0.319 e. The second-order valence-electron chi connectivity index (χ2n) is 6.72. The molecule has 0 saturated heterocycles. The summed E-state index contributed by atoms with van der Waals surface area (Å²) in [5, 5.41) is 16.8. The number of carbonyl (C=O) groups is 3. The minimum absolute atomic E-state index is 0.146. The molecular weight excluding hydrogens is 370 g/mol. The number of phenols is 1. The van der Waals surface area contributed by atoms with E-state index in [0.29, 0.717) is 35.2 Å². The van der Waals surface area contributed by atoms with Crippen LogP contribution in [-0.4, -0.2) is 40.9 Å². The first-order valence-corrected chi connectivity index (χ1v) is 9.27. The summed E-state index contributed by atoms with van der Waals surface area (Å²) < 4.78 is 0. The van der Waals surface area contributed by atoms with Gasteiger partial charge in [-0.2, -0.15) is 0 Å². The average Bonchev–Trinajstić information content (AvgIpc) is 2.97. The van der Waals surface area contributed by atoms with E-state index in [-0.39, 0.29) is 24.1 Å². The molecule has 0 atom stereocenters. The van der Waals surface area contributed by atoms with Gasteiger partial charge in [-0.25, -0.2) is 4.79 Å². The molecule has 4 rings (SSSR count). The smallest absolute Gasteiger partial charge is 0.319 e. The predicted molar refractivity (Wildman–Crippen MR) is 109 cm³/mol. The van der Waals surface area contributed by atoms with Crippen molar-refractivity contribution >= 4 is 34.3 Å². The highest BCUT2D eigenvalue weighted by Gasteiger charge is 2.34. The second-order valence-corrected chi connectivity index (χ2v) is 6.72. The Morgan fingerprint density at radius 2 is 1.52 bits per heavy atom. The molecule has 1 aliphatic heterocycles. The molecule has 0 spiro atoms. The predicted octanol–water partition coefficient (Wildman–Crippen LogP) is 3.35. The number of phenolic OH excluding ortho intramolecular Hbond substituents is 1. The van der Waals surface area contributed by atoms with Crippen molar-refractivity contribution in [3.05, 3.63) is 71.8 Å². The van der Waals surface area contributed by atoms with Crippen molar-refractivity contribution in [2.75, 3.05) is 18.4 Å². The Hall–Kier alpha value is -3.87. The maximum absolute atomic E-state index is 12.3. The van der Waals surface area contributed by atoms with Gasteiger partial charge in [0.25, 0.3) is 11.8 Å². The third-order valence-corrected chi connectivity index (χ3v) is 4.87. The summed E-state index contributed by atoms with van der Waals surface area (Å²) in [7, 11) is 0. The lowest BCUT2D eigenvalue weighted by Gasteiger charge is -2.14. The Bertz CT molecular complexity index is 1090. The van der Waals surface area contributed by atoms with Gasteiger partial charge in [-0.05, 0) is 30.7 Å². The molecule has 1 heterocycles. The first-order chi connectivity index (χ1) is 14.1. The van der Waals surface area contributed by atoms with E-state index >= 15 is 0 Å². The molecule has 0 fully saturated rings. The van der Waals surface area contributed by atoms with E-state index in [4.69, 9.17) is 0 Å². The first-order valence-electron chi connectivity index (χ1n) is 9.27. The van der Waals surface area contributed by atoms with Crippen molar-refractivity contribution in [1.29, 1.82) is 0 Å². The molecule has 29 heavy (non-hydrogen) atoms. The Morgan fingerprint density at radius 1 is 0.862 bits per heavy atom. The standard InChI is InChI=1S/C22H19N3O4/c26-19-11-4-8-14-15(19)9-3-10-18(14)24-22(29)23-12-5-13-25-20(27)16-6-1-2-7-17(16)21(25)28/h1-4,6-11,26H,5,12-13H2,(H2,23,24,29). The number of aromatic hydroxyl groups is 1. The molecule has 0 bridgehead atoms. The lowest BCUT2D eigenvalue weighted by Crippen LogP contribution is -2.35. The highest BCUT2D eigenvalue weighted by molar-refractivity contribution is 6.21. The number of hydrogen-bond donors (Lipinski definition) is 3. The fourth-order valence-electron chi connectivity index (χ4n) is 3.45. The molecule has 0 unspecified atom stereocenters. The summed E-state index contributed by atoms with van der Waals surface area (Å²) in [5.41, 5.74) is 1.42. The third kappa shape index (κ3) is 3.50. The van der Waals surface area contributed by atoms with Gasteiger partial charge in [0.05, 0.1) is 16.8 Å². The molecule has 0 aromatic heterocycles. The zero-order valence-electron chi connectivity index (χ0n) is 15.5. The SMILES string of the molecule is O=C(NCCCN1C(=O)c2ccccc2C1=O)Nc1cccc2c(O)cccc12. The number of nitrogens with zero attached hydrogens (tertiary/aromatic N) is 1. The van der Waals surface area contributed by atoms with Gasteiger partial charge in [-0.1, -0.05) is 36.4 Å². The minimum Gasteiger partial charge on any atom is -0.507 e. The van der Waals surface area contributed by atoms with E-state index in [1.807, 2.05) is 6.07 Å². The van der Waals surface area contributed by atoms with Crippen molar-refractivity contribution in [3.8, 4) is 5.75 Å². The van der Waals surface area contributed by atoms with Crippen LogP contribution < -0.4 is 10.6 Å². The van der Waals surface area contributed by atoms with Crippen LogP contribution in [0.25, 0.3) is 10.8 Å². The van der Waals surface area contributed by atoms with Gasteiger partial charge >= 0.3 is 6.03 Å². The number of nitrogens with one attached hydrogen (secondary N) is 2. The van der Waals surface area contributed by atoms with E-state index in [1.165, 1.54) is 4.90 Å². The van der Waals surface area contributed by atoms with Crippen LogP contribution >= 0.6 is 0 Å². The van der Waals surface area contributed by atoms with Crippen LogP contribution in [0.4, 0.5) is 10.5 Å². The number of anilines is 1. The fourth-order valence-corrected chi connectivity index (χ4v) is 3.45. The quantitative estimate of drug-likeness (QED) is 0.460. The van der Waals surface area contributed by atoms with Crippen LogP contribution in [-0.2, 0) is 0 Å². The van der Waals surface area contributed by atoms with E-state index in [2.05, 4.69) is 10.6 Å². The Morgan fingerprint density at radius 3 is 2.24 bits per heavy atom. The number of rotatable bonds is 5. The number of benzene rings is 3. The van der Waals surface area contributed by atoms with E-state index < -0.39 is 6.03 Å². The van der Waals surface area contributed by atoms with Crippen molar-refractivity contribution in [2.24, 2.45) is 0 Å². The molecule has 7 heteroatoms. The van der Waals surface area contributed by atoms with Crippen molar-refractivity contribution < 1.29 is 19.5 Å². The number of amides is 4. The monoisotopic (exact) mass is 389 g/mol. The van der Waals surface area contributed by atoms with E-state index in [1.54, 1.807) is 54.6 Å². The zero-order valence-corrected chi connectivity index (χ0v) is 15.5. The number of hydrogen-bond acceptors (Lipinski definition) is 4. The molecule has 3 N–H and O–H groups in total. The van der Waals surface area contributed by atoms with E-state index in [0.717, 1.165) is 5.39 Å². The van der Waals surface area contributed by atoms with Crippen LogP contribution in [0, 0.1) is 0 Å². The molecule has 146 valence electrons. The lowest BCUT2D eigenvalue weighted by molar-refractivity contribution is 0.0653.